The molecule has 0 saturated carbocycles. The average Bonchev–Trinajstić information content (AvgIpc) is 2.90. The van der Waals surface area contributed by atoms with E-state index < -0.39 is 0 Å². The Bertz CT molecular complexity index is 626. The van der Waals surface area contributed by atoms with Crippen LogP contribution in [0.3, 0.4) is 0 Å². The van der Waals surface area contributed by atoms with Gasteiger partial charge in [0.25, 0.3) is 0 Å². The van der Waals surface area contributed by atoms with Crippen LogP contribution in [0.1, 0.15) is 12.2 Å². The molecule has 0 saturated heterocycles. The van der Waals surface area contributed by atoms with Gasteiger partial charge in [0.05, 0.1) is 7.11 Å². The minimum absolute atomic E-state index is 0.218. The molecule has 0 amide bonds. The Morgan fingerprint density at radius 2 is 2.30 bits per heavy atom. The second-order valence-corrected chi connectivity index (χ2v) is 5.04. The lowest BCUT2D eigenvalue weighted by atomic mass is 9.98. The van der Waals surface area contributed by atoms with Crippen molar-refractivity contribution in [2.45, 2.75) is 19.4 Å². The van der Waals surface area contributed by atoms with Crippen LogP contribution in [0.2, 0.25) is 0 Å². The molecular weight excluding hydrogens is 259 g/mol. The minimum Gasteiger partial charge on any atom is -0.494 e. The zero-order chi connectivity index (χ0) is 14.1. The van der Waals surface area contributed by atoms with Gasteiger partial charge in [0.15, 0.2) is 17.4 Å². The number of methoxy groups -OCH3 is 1. The van der Waals surface area contributed by atoms with Crippen molar-refractivity contribution in [1.29, 1.82) is 0 Å². The lowest BCUT2D eigenvalue weighted by molar-refractivity contribution is 0.386. The van der Waals surface area contributed by atoms with Gasteiger partial charge in [-0.2, -0.15) is 0 Å². The Hall–Kier alpha value is -1.95. The minimum atomic E-state index is -0.377. The molecule has 1 aliphatic rings. The molecule has 5 nitrogen and oxygen atoms in total. The number of aromatic nitrogens is 3. The Kier molecular flexibility index (Phi) is 3.40. The van der Waals surface area contributed by atoms with Gasteiger partial charge in [0.1, 0.15) is 5.82 Å². The van der Waals surface area contributed by atoms with E-state index in [0.717, 1.165) is 36.6 Å². The summed E-state index contributed by atoms with van der Waals surface area (Å²) in [5, 5.41) is 8.47. The molecule has 0 bridgehead atoms. The predicted molar refractivity (Wildman–Crippen MR) is 72.8 cm³/mol. The van der Waals surface area contributed by atoms with E-state index >= 15 is 0 Å². The molecule has 1 unspecified atom stereocenters. The SMILES string of the molecule is COc1cc(-c2nnc3n2CCC(CN)C3)ccc1F. The summed E-state index contributed by atoms with van der Waals surface area (Å²) in [6, 6.07) is 4.74. The van der Waals surface area contributed by atoms with E-state index in [4.69, 9.17) is 10.5 Å². The summed E-state index contributed by atoms with van der Waals surface area (Å²) in [6.45, 7) is 1.52. The molecular formula is C14H17FN4O. The third-order valence-electron chi connectivity index (χ3n) is 3.80. The van der Waals surface area contributed by atoms with Gasteiger partial charge in [-0.25, -0.2) is 4.39 Å². The highest BCUT2D eigenvalue weighted by atomic mass is 19.1. The Morgan fingerprint density at radius 3 is 3.05 bits per heavy atom. The summed E-state index contributed by atoms with van der Waals surface area (Å²) in [5.74, 6) is 2.02. The highest BCUT2D eigenvalue weighted by Gasteiger charge is 2.23. The van der Waals surface area contributed by atoms with Crippen molar-refractivity contribution < 1.29 is 9.13 Å². The largest absolute Gasteiger partial charge is 0.494 e. The summed E-state index contributed by atoms with van der Waals surface area (Å²) in [4.78, 5) is 0. The first-order valence-electron chi connectivity index (χ1n) is 6.69. The number of hydrogen-bond acceptors (Lipinski definition) is 4. The molecule has 0 spiro atoms. The number of fused-ring (bicyclic) bond motifs is 1. The molecule has 0 aliphatic carbocycles. The van der Waals surface area contributed by atoms with Crippen LogP contribution in [0.4, 0.5) is 4.39 Å². The van der Waals surface area contributed by atoms with Gasteiger partial charge >= 0.3 is 0 Å². The monoisotopic (exact) mass is 276 g/mol. The van der Waals surface area contributed by atoms with Crippen LogP contribution in [0, 0.1) is 11.7 Å². The van der Waals surface area contributed by atoms with Crippen molar-refractivity contribution in [3.8, 4) is 17.1 Å². The number of nitrogens with zero attached hydrogens (tertiary/aromatic N) is 3. The molecule has 0 radical (unpaired) electrons. The zero-order valence-corrected chi connectivity index (χ0v) is 11.3. The van der Waals surface area contributed by atoms with Crippen LogP contribution < -0.4 is 10.5 Å². The van der Waals surface area contributed by atoms with Crippen molar-refractivity contribution in [1.82, 2.24) is 14.8 Å². The topological polar surface area (TPSA) is 66.0 Å². The van der Waals surface area contributed by atoms with E-state index in [1.54, 1.807) is 12.1 Å². The highest BCUT2D eigenvalue weighted by Crippen LogP contribution is 2.28. The van der Waals surface area contributed by atoms with Gasteiger partial charge in [-0.1, -0.05) is 0 Å². The lowest BCUT2D eigenvalue weighted by Crippen LogP contribution is -2.25. The maximum absolute atomic E-state index is 13.5. The standard InChI is InChI=1S/C14H17FN4O/c1-20-12-7-10(2-3-11(12)15)14-18-17-13-6-9(8-16)4-5-19(13)14/h2-3,7,9H,4-6,8,16H2,1H3. The molecule has 1 aromatic carbocycles. The average molecular weight is 276 g/mol. The van der Waals surface area contributed by atoms with Crippen LogP contribution in [-0.4, -0.2) is 28.4 Å². The lowest BCUT2D eigenvalue weighted by Gasteiger charge is -2.22. The summed E-state index contributed by atoms with van der Waals surface area (Å²) < 4.78 is 20.6. The van der Waals surface area contributed by atoms with E-state index in [-0.39, 0.29) is 11.6 Å². The van der Waals surface area contributed by atoms with Crippen molar-refractivity contribution in [2.24, 2.45) is 11.7 Å². The fraction of sp³-hybridized carbons (Fsp3) is 0.429. The molecule has 1 aliphatic heterocycles. The van der Waals surface area contributed by atoms with Gasteiger partial charge < -0.3 is 15.0 Å². The van der Waals surface area contributed by atoms with E-state index in [1.807, 2.05) is 0 Å². The molecule has 2 N–H and O–H groups in total. The molecule has 2 aromatic rings. The number of benzene rings is 1. The quantitative estimate of drug-likeness (QED) is 0.925. The normalized spacial score (nSPS) is 17.9. The van der Waals surface area contributed by atoms with Crippen molar-refractivity contribution >= 4 is 0 Å². The Morgan fingerprint density at radius 1 is 1.45 bits per heavy atom. The van der Waals surface area contributed by atoms with Gasteiger partial charge in [-0.05, 0) is 37.1 Å². The molecule has 1 aromatic heterocycles. The number of nitrogens with two attached hydrogens (primary N) is 1. The van der Waals surface area contributed by atoms with Gasteiger partial charge in [0, 0.05) is 18.5 Å². The number of halogens is 1. The summed E-state index contributed by atoms with van der Waals surface area (Å²) in [7, 11) is 1.45. The van der Waals surface area contributed by atoms with Crippen LogP contribution in [0.5, 0.6) is 5.75 Å². The second-order valence-electron chi connectivity index (χ2n) is 5.04. The smallest absolute Gasteiger partial charge is 0.165 e. The summed E-state index contributed by atoms with van der Waals surface area (Å²) in [6.07, 6.45) is 1.87. The van der Waals surface area contributed by atoms with Crippen molar-refractivity contribution in [3.05, 3.63) is 29.8 Å². The molecule has 2 heterocycles. The molecule has 1 atom stereocenters. The van der Waals surface area contributed by atoms with Crippen LogP contribution in [-0.2, 0) is 13.0 Å². The van der Waals surface area contributed by atoms with E-state index in [1.165, 1.54) is 13.2 Å². The second kappa shape index (κ2) is 5.20. The third-order valence-corrected chi connectivity index (χ3v) is 3.80. The molecule has 3 rings (SSSR count). The third kappa shape index (κ3) is 2.16. The number of rotatable bonds is 3. The summed E-state index contributed by atoms with van der Waals surface area (Å²) in [5.41, 5.74) is 6.53. The fourth-order valence-corrected chi connectivity index (χ4v) is 2.61. The molecule has 6 heteroatoms. The van der Waals surface area contributed by atoms with E-state index in [2.05, 4.69) is 14.8 Å². The van der Waals surface area contributed by atoms with Gasteiger partial charge in [-0.3, -0.25) is 0 Å². The zero-order valence-electron chi connectivity index (χ0n) is 11.3. The maximum Gasteiger partial charge on any atom is 0.165 e. The highest BCUT2D eigenvalue weighted by molar-refractivity contribution is 5.58. The van der Waals surface area contributed by atoms with Crippen LogP contribution >= 0.6 is 0 Å². The first-order valence-corrected chi connectivity index (χ1v) is 6.69. The van der Waals surface area contributed by atoms with Crippen LogP contribution in [0.15, 0.2) is 18.2 Å². The molecule has 106 valence electrons. The van der Waals surface area contributed by atoms with E-state index in [0.29, 0.717) is 12.5 Å². The first kappa shape index (κ1) is 13.1. The van der Waals surface area contributed by atoms with Gasteiger partial charge in [0.2, 0.25) is 0 Å². The predicted octanol–water partition coefficient (Wildman–Crippen LogP) is 1.61. The van der Waals surface area contributed by atoms with E-state index in [9.17, 15) is 4.39 Å². The molecule has 0 fully saturated rings. The Balaban J connectivity index is 1.98. The fourth-order valence-electron chi connectivity index (χ4n) is 2.61. The van der Waals surface area contributed by atoms with Crippen LogP contribution in [0.25, 0.3) is 11.4 Å². The van der Waals surface area contributed by atoms with Crippen molar-refractivity contribution in [3.63, 3.8) is 0 Å². The Labute approximate surface area is 116 Å². The van der Waals surface area contributed by atoms with Crippen molar-refractivity contribution in [2.75, 3.05) is 13.7 Å². The van der Waals surface area contributed by atoms with Gasteiger partial charge in [-0.15, -0.1) is 10.2 Å². The summed E-state index contributed by atoms with van der Waals surface area (Å²) >= 11 is 0. The number of hydrogen-bond donors (Lipinski definition) is 1. The maximum atomic E-state index is 13.5. The molecule has 20 heavy (non-hydrogen) atoms. The number of ether oxygens (including phenoxy) is 1. The first-order chi connectivity index (χ1) is 9.72.